The molecule has 1 saturated carbocycles. The van der Waals surface area contributed by atoms with Gasteiger partial charge >= 0.3 is 0 Å². The van der Waals surface area contributed by atoms with Crippen molar-refractivity contribution in [2.24, 2.45) is 23.2 Å². The summed E-state index contributed by atoms with van der Waals surface area (Å²) in [4.78, 5) is 72.7. The van der Waals surface area contributed by atoms with Gasteiger partial charge in [0.1, 0.15) is 40.5 Å². The lowest BCUT2D eigenvalue weighted by Crippen LogP contribution is -2.15. The molecule has 0 aliphatic heterocycles. The molecule has 1 atom stereocenters. The van der Waals surface area contributed by atoms with E-state index in [2.05, 4.69) is 6.92 Å². The van der Waals surface area contributed by atoms with Gasteiger partial charge in [-0.2, -0.15) is 0 Å². The summed E-state index contributed by atoms with van der Waals surface area (Å²) in [5, 5.41) is 0. The molecular weight excluding hydrogens is 616 g/mol. The molecule has 0 radical (unpaired) electrons. The van der Waals surface area contributed by atoms with Crippen LogP contribution in [0.5, 0.6) is 0 Å². The van der Waals surface area contributed by atoms with E-state index in [1.165, 1.54) is 6.42 Å². The molecule has 1 fully saturated rings. The normalized spacial score (nSPS) is 12.1. The lowest BCUT2D eigenvalue weighted by atomic mass is 9.92. The summed E-state index contributed by atoms with van der Waals surface area (Å²) < 4.78 is 0. The fourth-order valence-corrected chi connectivity index (χ4v) is 3.10. The third kappa shape index (κ3) is 64.8. The Morgan fingerprint density at radius 2 is 1.10 bits per heavy atom. The Morgan fingerprint density at radius 3 is 1.18 bits per heavy atom. The van der Waals surface area contributed by atoms with Crippen molar-refractivity contribution >= 4 is 40.5 Å². The van der Waals surface area contributed by atoms with Crippen LogP contribution in [0, 0.1) is 23.2 Å². The smallest absolute Gasteiger partial charge is 0.135 e. The Balaban J connectivity index is -0.000000110. The van der Waals surface area contributed by atoms with E-state index in [-0.39, 0.29) is 28.8 Å². The quantitative estimate of drug-likeness (QED) is 0.199. The minimum atomic E-state index is -0.139. The number of rotatable bonds is 12. The van der Waals surface area contributed by atoms with E-state index in [1.807, 2.05) is 83.1 Å². The van der Waals surface area contributed by atoms with Crippen LogP contribution in [0.1, 0.15) is 208 Å². The molecule has 0 amide bonds. The van der Waals surface area contributed by atoms with Crippen molar-refractivity contribution in [1.29, 1.82) is 0 Å². The maximum absolute atomic E-state index is 10.5. The number of hydrogen-bond acceptors (Lipinski definition) is 7. The Hall–Kier alpha value is -2.31. The number of hydrogen-bond donors (Lipinski definition) is 0. The zero-order valence-corrected chi connectivity index (χ0v) is 35.5. The molecule has 7 nitrogen and oxygen atoms in total. The highest BCUT2D eigenvalue weighted by molar-refractivity contribution is 5.81. The molecule has 0 heterocycles. The highest BCUT2D eigenvalue weighted by Crippen LogP contribution is 2.13. The molecule has 1 aliphatic carbocycles. The van der Waals surface area contributed by atoms with Crippen LogP contribution in [-0.2, 0) is 33.6 Å². The second-order valence-corrected chi connectivity index (χ2v) is 14.5. The Morgan fingerprint density at radius 1 is 0.653 bits per heavy atom. The van der Waals surface area contributed by atoms with Crippen LogP contribution in [0.2, 0.25) is 0 Å². The van der Waals surface area contributed by atoms with Gasteiger partial charge in [-0.05, 0) is 65.7 Å². The minimum absolute atomic E-state index is 0.139. The number of ketones is 7. The molecular formula is C42H82O7. The molecule has 0 aromatic heterocycles. The molecule has 0 aromatic rings. The number of carbonyl (C=O) groups is 7. The van der Waals surface area contributed by atoms with E-state index in [0.717, 1.165) is 70.6 Å². The van der Waals surface area contributed by atoms with Gasteiger partial charge in [0.15, 0.2) is 0 Å². The third-order valence-corrected chi connectivity index (χ3v) is 7.27. The van der Waals surface area contributed by atoms with E-state index in [9.17, 15) is 33.6 Å². The zero-order valence-electron chi connectivity index (χ0n) is 35.5. The number of unbranched alkanes of at least 4 members (excludes halogenated alkanes) is 1. The molecule has 0 aromatic carbocycles. The van der Waals surface area contributed by atoms with Crippen LogP contribution in [0.4, 0.5) is 0 Å². The van der Waals surface area contributed by atoms with E-state index in [0.29, 0.717) is 47.7 Å². The molecule has 0 saturated heterocycles. The van der Waals surface area contributed by atoms with E-state index < -0.39 is 0 Å². The Bertz CT molecular complexity index is 840. The molecule has 0 N–H and O–H groups in total. The Kier molecular flexibility index (Phi) is 48.2. The predicted molar refractivity (Wildman–Crippen MR) is 209 cm³/mol. The SMILES string of the molecule is CC(=O)C(C)(C)C.CC(=O)CC(C)C.CCC(=O)C(C)C.CCC(C)C(C)=O.CCCC(=O)CC.CCCCC(C)=O.O=C1CCCCC1. The summed E-state index contributed by atoms with van der Waals surface area (Å²) in [6.45, 7) is 32.0. The summed E-state index contributed by atoms with van der Waals surface area (Å²) >= 11 is 0. The van der Waals surface area contributed by atoms with Gasteiger partial charge in [-0.25, -0.2) is 0 Å². The fraction of sp³-hybridized carbons (Fsp3) is 0.833. The molecule has 0 spiro atoms. The van der Waals surface area contributed by atoms with Crippen LogP contribution in [0.15, 0.2) is 0 Å². The average Bonchev–Trinajstić information content (AvgIpc) is 3.00. The summed E-state index contributed by atoms with van der Waals surface area (Å²) in [6.07, 6.45) is 13.0. The fourth-order valence-electron chi connectivity index (χ4n) is 3.10. The summed E-state index contributed by atoms with van der Waals surface area (Å²) in [5.74, 6) is 3.34. The van der Waals surface area contributed by atoms with Gasteiger partial charge in [-0.3, -0.25) is 24.0 Å². The monoisotopic (exact) mass is 699 g/mol. The molecule has 0 bridgehead atoms. The average molecular weight is 699 g/mol. The van der Waals surface area contributed by atoms with Crippen LogP contribution < -0.4 is 0 Å². The predicted octanol–water partition coefficient (Wildman–Crippen LogP) is 11.5. The molecule has 1 aliphatic rings. The first kappa shape index (κ1) is 58.9. The van der Waals surface area contributed by atoms with Gasteiger partial charge in [-0.15, -0.1) is 0 Å². The van der Waals surface area contributed by atoms with E-state index in [1.54, 1.807) is 27.7 Å². The maximum atomic E-state index is 10.5. The van der Waals surface area contributed by atoms with Gasteiger partial charge in [0.25, 0.3) is 0 Å². The van der Waals surface area contributed by atoms with Crippen molar-refractivity contribution < 1.29 is 33.6 Å². The first-order valence-electron chi connectivity index (χ1n) is 19.0. The molecule has 1 unspecified atom stereocenters. The molecule has 292 valence electrons. The van der Waals surface area contributed by atoms with Gasteiger partial charge in [-0.1, -0.05) is 103 Å². The summed E-state index contributed by atoms with van der Waals surface area (Å²) in [7, 11) is 0. The zero-order chi connectivity index (χ0) is 40.2. The van der Waals surface area contributed by atoms with Crippen LogP contribution >= 0.6 is 0 Å². The van der Waals surface area contributed by atoms with Gasteiger partial charge in [0, 0.05) is 62.2 Å². The van der Waals surface area contributed by atoms with Crippen molar-refractivity contribution in [1.82, 2.24) is 0 Å². The second kappa shape index (κ2) is 40.1. The topological polar surface area (TPSA) is 119 Å². The Labute approximate surface area is 304 Å². The second-order valence-electron chi connectivity index (χ2n) is 14.5. The maximum Gasteiger partial charge on any atom is 0.135 e. The van der Waals surface area contributed by atoms with Crippen LogP contribution in [0.3, 0.4) is 0 Å². The van der Waals surface area contributed by atoms with E-state index >= 15 is 0 Å². The number of Topliss-reactive ketones (excluding diaryl/α,β-unsaturated/α-hetero) is 7. The van der Waals surface area contributed by atoms with Crippen LogP contribution in [-0.4, -0.2) is 40.5 Å². The lowest BCUT2D eigenvalue weighted by molar-refractivity contribution is -0.124. The van der Waals surface area contributed by atoms with Crippen molar-refractivity contribution in [3.05, 3.63) is 0 Å². The first-order chi connectivity index (χ1) is 22.4. The van der Waals surface area contributed by atoms with Crippen molar-refractivity contribution in [2.75, 3.05) is 0 Å². The standard InChI is InChI=1S/C6H10O.6C6H12O/c7-6-4-2-1-3-5-6;1-5(7)6(2,3)4;1-5(2)4-6(3)7;1-4-5(2)6(3)7;1-4-6(7)5(2)3;1-3-4-5-6(2)7;1-3-5-6(7)4-2/h1-5H2;1-4H3;3*5H,4H2,1-3H3;2*3-5H2,1-2H3. The molecule has 7 heteroatoms. The first-order valence-corrected chi connectivity index (χ1v) is 19.0. The van der Waals surface area contributed by atoms with Gasteiger partial charge in [0.05, 0.1) is 0 Å². The van der Waals surface area contributed by atoms with Crippen molar-refractivity contribution in [2.45, 2.75) is 208 Å². The van der Waals surface area contributed by atoms with E-state index in [4.69, 9.17) is 0 Å². The van der Waals surface area contributed by atoms with Crippen LogP contribution in [0.25, 0.3) is 0 Å². The highest BCUT2D eigenvalue weighted by Gasteiger charge is 2.14. The highest BCUT2D eigenvalue weighted by atomic mass is 16.1. The summed E-state index contributed by atoms with van der Waals surface area (Å²) in [6, 6.07) is 0. The van der Waals surface area contributed by atoms with Gasteiger partial charge < -0.3 is 9.59 Å². The van der Waals surface area contributed by atoms with Gasteiger partial charge in [0.2, 0.25) is 0 Å². The third-order valence-electron chi connectivity index (χ3n) is 7.27. The van der Waals surface area contributed by atoms with Crippen molar-refractivity contribution in [3.63, 3.8) is 0 Å². The molecule has 49 heavy (non-hydrogen) atoms. The lowest BCUT2D eigenvalue weighted by Gasteiger charge is -2.11. The minimum Gasteiger partial charge on any atom is -0.300 e. The molecule has 1 rings (SSSR count). The largest absolute Gasteiger partial charge is 0.300 e. The summed E-state index contributed by atoms with van der Waals surface area (Å²) in [5.41, 5.74) is -0.139. The number of carbonyl (C=O) groups excluding carboxylic acids is 7. The van der Waals surface area contributed by atoms with Crippen molar-refractivity contribution in [3.8, 4) is 0 Å².